The van der Waals surface area contributed by atoms with E-state index < -0.39 is 10.0 Å². The lowest BCUT2D eigenvalue weighted by Gasteiger charge is -2.16. The van der Waals surface area contributed by atoms with E-state index >= 15 is 0 Å². The van der Waals surface area contributed by atoms with Gasteiger partial charge < -0.3 is 5.32 Å². The Kier molecular flexibility index (Phi) is 4.37. The summed E-state index contributed by atoms with van der Waals surface area (Å²) < 4.78 is 27.9. The summed E-state index contributed by atoms with van der Waals surface area (Å²) in [5, 5.41) is 3.43. The van der Waals surface area contributed by atoms with Crippen LogP contribution in [0.15, 0.2) is 35.2 Å². The molecule has 1 aromatic carbocycles. The second-order valence-corrected chi connectivity index (χ2v) is 10.0. The van der Waals surface area contributed by atoms with Gasteiger partial charge in [-0.1, -0.05) is 23.5 Å². The standard InChI is InChI=1S/C18H21N3O3S2/c1-10(2)21-26(23,24)13-5-6-15-16(9-13)25-18(19-15)20-17(22)14-8-11-3-4-12(14)7-11/h3-6,9-12,14,21H,7-8H2,1-2H3,(H,19,20,22)/t11-,12+,14+/m0/s1. The maximum Gasteiger partial charge on any atom is 0.240 e. The van der Waals surface area contributed by atoms with Crippen LogP contribution in [0.5, 0.6) is 0 Å². The number of carbonyl (C=O) groups is 1. The van der Waals surface area contributed by atoms with Crippen molar-refractivity contribution >= 4 is 42.6 Å². The molecule has 138 valence electrons. The Balaban J connectivity index is 1.54. The summed E-state index contributed by atoms with van der Waals surface area (Å²) in [5.74, 6) is 0.902. The number of fused-ring (bicyclic) bond motifs is 3. The number of anilines is 1. The summed E-state index contributed by atoms with van der Waals surface area (Å²) in [6.45, 7) is 3.56. The zero-order valence-corrected chi connectivity index (χ0v) is 16.2. The number of amides is 1. The van der Waals surface area contributed by atoms with Crippen LogP contribution in [0.25, 0.3) is 10.2 Å². The van der Waals surface area contributed by atoms with Gasteiger partial charge in [-0.15, -0.1) is 0 Å². The first kappa shape index (κ1) is 17.6. The van der Waals surface area contributed by atoms with Gasteiger partial charge in [-0.25, -0.2) is 18.1 Å². The Labute approximate surface area is 156 Å². The number of benzene rings is 1. The molecular weight excluding hydrogens is 370 g/mol. The van der Waals surface area contributed by atoms with E-state index in [0.717, 1.165) is 17.5 Å². The zero-order valence-electron chi connectivity index (χ0n) is 14.6. The van der Waals surface area contributed by atoms with Gasteiger partial charge in [0.05, 0.1) is 15.1 Å². The normalized spacial score (nSPS) is 24.7. The second-order valence-electron chi connectivity index (χ2n) is 7.30. The number of allylic oxidation sites excluding steroid dienone is 2. The molecule has 1 aromatic heterocycles. The summed E-state index contributed by atoms with van der Waals surface area (Å²) in [7, 11) is -3.55. The molecular formula is C18H21N3O3S2. The molecule has 2 aromatic rings. The fourth-order valence-electron chi connectivity index (χ4n) is 3.78. The van der Waals surface area contributed by atoms with Gasteiger partial charge in [0.2, 0.25) is 15.9 Å². The van der Waals surface area contributed by atoms with Gasteiger partial charge in [-0.2, -0.15) is 0 Å². The summed E-state index contributed by atoms with van der Waals surface area (Å²) in [4.78, 5) is 17.2. The molecule has 2 N–H and O–H groups in total. The molecule has 3 atom stereocenters. The Morgan fingerprint density at radius 2 is 2.08 bits per heavy atom. The SMILES string of the molecule is CC(C)NS(=O)(=O)c1ccc2nc(NC(=O)[C@@H]3C[C@H]4C=C[C@@H]3C4)sc2c1. The van der Waals surface area contributed by atoms with Crippen molar-refractivity contribution in [1.82, 2.24) is 9.71 Å². The monoisotopic (exact) mass is 391 g/mol. The van der Waals surface area contributed by atoms with Crippen LogP contribution in [0.2, 0.25) is 0 Å². The maximum absolute atomic E-state index is 12.5. The Morgan fingerprint density at radius 1 is 1.27 bits per heavy atom. The van der Waals surface area contributed by atoms with Gasteiger partial charge in [-0.05, 0) is 56.7 Å². The van der Waals surface area contributed by atoms with Crippen molar-refractivity contribution in [1.29, 1.82) is 0 Å². The maximum atomic E-state index is 12.5. The second kappa shape index (κ2) is 6.44. The van der Waals surface area contributed by atoms with Crippen LogP contribution in [0.3, 0.4) is 0 Å². The Hall–Kier alpha value is -1.77. The quantitative estimate of drug-likeness (QED) is 0.767. The van der Waals surface area contributed by atoms with Gasteiger partial charge in [0.1, 0.15) is 0 Å². The number of aromatic nitrogens is 1. The fourth-order valence-corrected chi connectivity index (χ4v) is 6.04. The van der Waals surface area contributed by atoms with Crippen molar-refractivity contribution in [3.63, 3.8) is 0 Å². The Morgan fingerprint density at radius 3 is 2.73 bits per heavy atom. The number of rotatable bonds is 5. The van der Waals surface area contributed by atoms with Gasteiger partial charge in [0.25, 0.3) is 0 Å². The minimum atomic E-state index is -3.55. The first-order chi connectivity index (χ1) is 12.3. The number of nitrogens with zero attached hydrogens (tertiary/aromatic N) is 1. The van der Waals surface area contributed by atoms with E-state index in [0.29, 0.717) is 22.5 Å². The largest absolute Gasteiger partial charge is 0.302 e. The first-order valence-corrected chi connectivity index (χ1v) is 11.0. The van der Waals surface area contributed by atoms with E-state index in [1.807, 2.05) is 0 Å². The van der Waals surface area contributed by atoms with Crippen LogP contribution in [-0.2, 0) is 14.8 Å². The molecule has 2 bridgehead atoms. The number of hydrogen-bond donors (Lipinski definition) is 2. The molecule has 6 nitrogen and oxygen atoms in total. The predicted molar refractivity (Wildman–Crippen MR) is 103 cm³/mol. The number of nitrogens with one attached hydrogen (secondary N) is 2. The van der Waals surface area contributed by atoms with Gasteiger partial charge in [0.15, 0.2) is 5.13 Å². The van der Waals surface area contributed by atoms with Gasteiger partial charge in [-0.3, -0.25) is 4.79 Å². The molecule has 1 heterocycles. The lowest BCUT2D eigenvalue weighted by Crippen LogP contribution is -2.30. The molecule has 1 saturated carbocycles. The number of hydrogen-bond acceptors (Lipinski definition) is 5. The molecule has 8 heteroatoms. The van der Waals surface area contributed by atoms with Crippen LogP contribution >= 0.6 is 11.3 Å². The van der Waals surface area contributed by atoms with Gasteiger partial charge >= 0.3 is 0 Å². The first-order valence-electron chi connectivity index (χ1n) is 8.74. The highest BCUT2D eigenvalue weighted by molar-refractivity contribution is 7.89. The van der Waals surface area contributed by atoms with Crippen molar-refractivity contribution in [2.24, 2.45) is 17.8 Å². The molecule has 2 aliphatic rings. The molecule has 26 heavy (non-hydrogen) atoms. The van der Waals surface area contributed by atoms with E-state index in [1.165, 1.54) is 11.3 Å². The van der Waals surface area contributed by atoms with Crippen molar-refractivity contribution in [2.75, 3.05) is 5.32 Å². The van der Waals surface area contributed by atoms with Crippen LogP contribution in [0.4, 0.5) is 5.13 Å². The van der Waals surface area contributed by atoms with Gasteiger partial charge in [0, 0.05) is 12.0 Å². The molecule has 0 aliphatic heterocycles. The third-order valence-electron chi connectivity index (χ3n) is 4.91. The number of sulfonamides is 1. The molecule has 4 rings (SSSR count). The molecule has 1 fully saturated rings. The van der Waals surface area contributed by atoms with Crippen molar-refractivity contribution in [2.45, 2.75) is 37.6 Å². The summed E-state index contributed by atoms with van der Waals surface area (Å²) in [5.41, 5.74) is 0.682. The smallest absolute Gasteiger partial charge is 0.240 e. The number of carbonyl (C=O) groups excluding carboxylic acids is 1. The zero-order chi connectivity index (χ0) is 18.5. The molecule has 0 radical (unpaired) electrons. The third kappa shape index (κ3) is 3.28. The van der Waals surface area contributed by atoms with E-state index in [9.17, 15) is 13.2 Å². The van der Waals surface area contributed by atoms with Crippen LogP contribution in [-0.4, -0.2) is 25.4 Å². The molecule has 0 spiro atoms. The molecule has 0 saturated heterocycles. The van der Waals surface area contributed by atoms with Crippen molar-refractivity contribution in [3.8, 4) is 0 Å². The van der Waals surface area contributed by atoms with Crippen molar-refractivity contribution in [3.05, 3.63) is 30.4 Å². The van der Waals surface area contributed by atoms with E-state index in [4.69, 9.17) is 0 Å². The highest BCUT2D eigenvalue weighted by atomic mass is 32.2. The predicted octanol–water partition coefficient (Wildman–Crippen LogP) is 3.13. The topological polar surface area (TPSA) is 88.2 Å². The summed E-state index contributed by atoms with van der Waals surface area (Å²) in [6, 6.07) is 4.64. The van der Waals surface area contributed by atoms with E-state index in [-0.39, 0.29) is 22.8 Å². The van der Waals surface area contributed by atoms with Crippen LogP contribution in [0.1, 0.15) is 26.7 Å². The lowest BCUT2D eigenvalue weighted by atomic mass is 9.93. The highest BCUT2D eigenvalue weighted by Crippen LogP contribution is 2.44. The van der Waals surface area contributed by atoms with Crippen LogP contribution < -0.4 is 10.0 Å². The van der Waals surface area contributed by atoms with E-state index in [2.05, 4.69) is 27.2 Å². The average molecular weight is 392 g/mol. The molecule has 1 amide bonds. The van der Waals surface area contributed by atoms with E-state index in [1.54, 1.807) is 32.0 Å². The molecule has 0 unspecified atom stereocenters. The number of thiazole rings is 1. The summed E-state index contributed by atoms with van der Waals surface area (Å²) in [6.07, 6.45) is 6.33. The van der Waals surface area contributed by atoms with Crippen LogP contribution in [0, 0.1) is 17.8 Å². The lowest BCUT2D eigenvalue weighted by molar-refractivity contribution is -0.120. The summed E-state index contributed by atoms with van der Waals surface area (Å²) >= 11 is 1.30. The average Bonchev–Trinajstić information content (AvgIpc) is 3.27. The molecule has 2 aliphatic carbocycles. The minimum Gasteiger partial charge on any atom is -0.302 e. The minimum absolute atomic E-state index is 0.00947. The fraction of sp³-hybridized carbons (Fsp3) is 0.444. The highest BCUT2D eigenvalue weighted by Gasteiger charge is 2.39. The van der Waals surface area contributed by atoms with Crippen molar-refractivity contribution < 1.29 is 13.2 Å². The Bertz CT molecular complexity index is 994. The third-order valence-corrected chi connectivity index (χ3v) is 7.50.